The number of carboxylic acids is 1. The van der Waals surface area contributed by atoms with Gasteiger partial charge >= 0.3 is 5.97 Å². The molecule has 22 heavy (non-hydrogen) atoms. The van der Waals surface area contributed by atoms with E-state index >= 15 is 0 Å². The Morgan fingerprint density at radius 1 is 1.41 bits per heavy atom. The largest absolute Gasteiger partial charge is 0.480 e. The van der Waals surface area contributed by atoms with Crippen LogP contribution in [0.3, 0.4) is 0 Å². The topological polar surface area (TPSA) is 114 Å². The van der Waals surface area contributed by atoms with Crippen molar-refractivity contribution >= 4 is 27.0 Å². The molecule has 2 heterocycles. The number of carbonyl (C=O) groups is 1. The minimum atomic E-state index is -4.49. The monoisotopic (exact) mass is 333 g/mol. The molecule has 0 bridgehead atoms. The number of fused-ring (bicyclic) bond motifs is 1. The summed E-state index contributed by atoms with van der Waals surface area (Å²) in [5, 5.41) is 15.9. The highest BCUT2D eigenvalue weighted by Crippen LogP contribution is 2.37. The number of rotatable bonds is 3. The van der Waals surface area contributed by atoms with Gasteiger partial charge in [-0.25, -0.2) is 21.8 Å². The van der Waals surface area contributed by atoms with E-state index in [2.05, 4.69) is 14.9 Å². The number of hydrogen-bond acceptors (Lipinski definition) is 6. The van der Waals surface area contributed by atoms with Crippen LogP contribution in [-0.2, 0) is 14.8 Å². The van der Waals surface area contributed by atoms with Crippen LogP contribution < -0.4 is 0 Å². The Balaban J connectivity index is 2.13. The van der Waals surface area contributed by atoms with Crippen LogP contribution in [0.25, 0.3) is 11.0 Å². The second-order valence-corrected chi connectivity index (χ2v) is 6.71. The number of benzene rings is 1. The molecule has 0 aliphatic carbocycles. The van der Waals surface area contributed by atoms with E-state index in [-0.39, 0.29) is 15.3 Å². The van der Waals surface area contributed by atoms with E-state index < -0.39 is 45.8 Å². The number of sulfonamides is 1. The lowest BCUT2D eigenvalue weighted by Crippen LogP contribution is -2.40. The fourth-order valence-electron chi connectivity index (χ4n) is 2.37. The molecule has 3 rings (SSSR count). The van der Waals surface area contributed by atoms with E-state index in [0.717, 1.165) is 6.07 Å². The average Bonchev–Trinajstić information content (AvgIpc) is 3.01. The van der Waals surface area contributed by atoms with Crippen molar-refractivity contribution < 1.29 is 31.7 Å². The molecule has 2 aromatic rings. The molecule has 11 heteroatoms. The van der Waals surface area contributed by atoms with Gasteiger partial charge in [0.15, 0.2) is 5.52 Å². The molecule has 1 saturated heterocycles. The molecule has 1 aromatic carbocycles. The normalized spacial score (nSPS) is 22.2. The molecule has 118 valence electrons. The highest BCUT2D eigenvalue weighted by atomic mass is 32.2. The van der Waals surface area contributed by atoms with Crippen LogP contribution in [0.5, 0.6) is 0 Å². The number of halogens is 2. The van der Waals surface area contributed by atoms with Crippen LogP contribution in [-0.4, -0.2) is 52.6 Å². The molecular weight excluding hydrogens is 324 g/mol. The summed E-state index contributed by atoms with van der Waals surface area (Å²) in [5.74, 6) is -5.04. The van der Waals surface area contributed by atoms with Crippen molar-refractivity contribution in [1.29, 1.82) is 0 Å². The van der Waals surface area contributed by atoms with Gasteiger partial charge in [-0.2, -0.15) is 4.31 Å². The average molecular weight is 333 g/mol. The first-order chi connectivity index (χ1) is 10.2. The maximum atomic E-state index is 13.5. The summed E-state index contributed by atoms with van der Waals surface area (Å²) in [6.45, 7) is -1.20. The summed E-state index contributed by atoms with van der Waals surface area (Å²) < 4.78 is 56.8. The minimum Gasteiger partial charge on any atom is -0.480 e. The molecule has 0 amide bonds. The fraction of sp³-hybridized carbons (Fsp3) is 0.364. The third-order valence-corrected chi connectivity index (χ3v) is 5.23. The first-order valence-electron chi connectivity index (χ1n) is 6.06. The first kappa shape index (κ1) is 14.8. The highest BCUT2D eigenvalue weighted by molar-refractivity contribution is 7.89. The number of nitrogens with zero attached hydrogens (tertiary/aromatic N) is 3. The number of alkyl halides is 2. The van der Waals surface area contributed by atoms with Crippen LogP contribution in [0.2, 0.25) is 0 Å². The quantitative estimate of drug-likeness (QED) is 0.879. The maximum Gasteiger partial charge on any atom is 0.322 e. The second kappa shape index (κ2) is 4.68. The van der Waals surface area contributed by atoms with E-state index in [4.69, 9.17) is 5.11 Å². The van der Waals surface area contributed by atoms with Gasteiger partial charge in [0.2, 0.25) is 10.0 Å². The molecule has 1 atom stereocenters. The lowest BCUT2D eigenvalue weighted by Gasteiger charge is -2.20. The lowest BCUT2D eigenvalue weighted by molar-refractivity contribution is -0.141. The van der Waals surface area contributed by atoms with Crippen molar-refractivity contribution in [2.75, 3.05) is 6.54 Å². The highest BCUT2D eigenvalue weighted by Gasteiger charge is 2.53. The van der Waals surface area contributed by atoms with E-state index in [1.165, 1.54) is 12.1 Å². The summed E-state index contributed by atoms with van der Waals surface area (Å²) in [4.78, 5) is 10.7. The van der Waals surface area contributed by atoms with Crippen molar-refractivity contribution in [3.05, 3.63) is 18.2 Å². The van der Waals surface area contributed by atoms with Crippen LogP contribution in [0.15, 0.2) is 27.7 Å². The fourth-order valence-corrected chi connectivity index (χ4v) is 4.11. The van der Waals surface area contributed by atoms with Gasteiger partial charge in [-0.1, -0.05) is 6.07 Å². The Bertz CT molecular complexity index is 850. The third-order valence-electron chi connectivity index (χ3n) is 3.35. The summed E-state index contributed by atoms with van der Waals surface area (Å²) in [7, 11) is -4.49. The van der Waals surface area contributed by atoms with Crippen molar-refractivity contribution in [2.24, 2.45) is 0 Å². The minimum absolute atomic E-state index is 0.124. The molecule has 1 aliphatic heterocycles. The van der Waals surface area contributed by atoms with Crippen molar-refractivity contribution in [1.82, 2.24) is 14.6 Å². The van der Waals surface area contributed by atoms with Gasteiger partial charge in [-0.15, -0.1) is 0 Å². The molecule has 8 nitrogen and oxygen atoms in total. The zero-order chi connectivity index (χ0) is 16.1. The Kier molecular flexibility index (Phi) is 3.14. The Morgan fingerprint density at radius 3 is 2.82 bits per heavy atom. The van der Waals surface area contributed by atoms with Gasteiger partial charge in [0, 0.05) is 6.42 Å². The molecule has 1 fully saturated rings. The van der Waals surface area contributed by atoms with Gasteiger partial charge in [0.25, 0.3) is 5.92 Å². The van der Waals surface area contributed by atoms with Gasteiger partial charge in [0.1, 0.15) is 16.5 Å². The number of carboxylic acid groups (broad SMARTS) is 1. The summed E-state index contributed by atoms with van der Waals surface area (Å²) in [6, 6.07) is 2.06. The summed E-state index contributed by atoms with van der Waals surface area (Å²) >= 11 is 0. The molecule has 1 aliphatic rings. The standard InChI is InChI=1S/C11H9F2N3O5S/c12-11(13)4-7(10(17)18)16(5-11)22(19,20)8-3-1-2-6-9(8)15-21-14-6/h1-3,7H,4-5H2,(H,17,18)/t7-/m1/s1. The third kappa shape index (κ3) is 2.22. The van der Waals surface area contributed by atoms with Crippen molar-refractivity contribution in [3.63, 3.8) is 0 Å². The van der Waals surface area contributed by atoms with Crippen LogP contribution >= 0.6 is 0 Å². The van der Waals surface area contributed by atoms with Gasteiger partial charge in [-0.3, -0.25) is 4.79 Å². The van der Waals surface area contributed by atoms with Gasteiger partial charge < -0.3 is 5.11 Å². The first-order valence-corrected chi connectivity index (χ1v) is 7.50. The molecular formula is C11H9F2N3O5S. The predicted molar refractivity (Wildman–Crippen MR) is 66.7 cm³/mol. The van der Waals surface area contributed by atoms with E-state index in [1.54, 1.807) is 0 Å². The molecule has 0 radical (unpaired) electrons. The van der Waals surface area contributed by atoms with Gasteiger partial charge in [-0.05, 0) is 22.4 Å². The number of hydrogen-bond donors (Lipinski definition) is 1. The summed E-state index contributed by atoms with van der Waals surface area (Å²) in [6.07, 6.45) is -1.07. The Morgan fingerprint density at radius 2 is 2.14 bits per heavy atom. The molecule has 0 unspecified atom stereocenters. The Labute approximate surface area is 122 Å². The number of aliphatic carboxylic acids is 1. The maximum absolute atomic E-state index is 13.5. The zero-order valence-corrected chi connectivity index (χ0v) is 11.6. The summed E-state index contributed by atoms with van der Waals surface area (Å²) in [5.41, 5.74) is -0.0132. The van der Waals surface area contributed by atoms with Crippen molar-refractivity contribution in [3.8, 4) is 0 Å². The second-order valence-electron chi connectivity index (χ2n) is 4.85. The predicted octanol–water partition coefficient (Wildman–Crippen LogP) is 0.706. The van der Waals surface area contributed by atoms with Crippen LogP contribution in [0.1, 0.15) is 6.42 Å². The SMILES string of the molecule is O=C(O)[C@H]1CC(F)(F)CN1S(=O)(=O)c1cccc2nonc12. The molecule has 1 N–H and O–H groups in total. The molecule has 0 saturated carbocycles. The lowest BCUT2D eigenvalue weighted by atomic mass is 10.2. The van der Waals surface area contributed by atoms with Crippen molar-refractivity contribution in [2.45, 2.75) is 23.3 Å². The smallest absolute Gasteiger partial charge is 0.322 e. The zero-order valence-electron chi connectivity index (χ0n) is 10.8. The van der Waals surface area contributed by atoms with Crippen LogP contribution in [0, 0.1) is 0 Å². The Hall–Kier alpha value is -2.14. The van der Waals surface area contributed by atoms with E-state index in [9.17, 15) is 22.0 Å². The molecule has 0 spiro atoms. The van der Waals surface area contributed by atoms with E-state index in [0.29, 0.717) is 0 Å². The van der Waals surface area contributed by atoms with E-state index in [1.807, 2.05) is 0 Å². The van der Waals surface area contributed by atoms with Crippen LogP contribution in [0.4, 0.5) is 8.78 Å². The molecule has 1 aromatic heterocycles. The number of aromatic nitrogens is 2. The van der Waals surface area contributed by atoms with Gasteiger partial charge in [0.05, 0.1) is 6.54 Å².